The molecule has 3 rings (SSSR count). The summed E-state index contributed by atoms with van der Waals surface area (Å²) in [6.45, 7) is 1.86. The number of aryl methyl sites for hydroxylation is 1. The van der Waals surface area contributed by atoms with Gasteiger partial charge in [-0.2, -0.15) is 5.01 Å². The number of rotatable bonds is 3. The summed E-state index contributed by atoms with van der Waals surface area (Å²) in [4.78, 5) is 19.0. The second-order valence-corrected chi connectivity index (χ2v) is 6.83. The molecule has 3 aromatic rings. The van der Waals surface area contributed by atoms with E-state index in [4.69, 9.17) is 10.9 Å². The van der Waals surface area contributed by atoms with Crippen molar-refractivity contribution in [1.82, 2.24) is 13.9 Å². The predicted octanol–water partition coefficient (Wildman–Crippen LogP) is 1.33. The van der Waals surface area contributed by atoms with E-state index >= 15 is 0 Å². The Morgan fingerprint density at radius 3 is 2.54 bits per heavy atom. The lowest BCUT2D eigenvalue weighted by Gasteiger charge is -2.11. The van der Waals surface area contributed by atoms with Gasteiger partial charge in [0.1, 0.15) is 5.52 Å². The zero-order valence-electron chi connectivity index (χ0n) is 12.5. The number of nitrogens with two attached hydrogens (primary N) is 1. The third-order valence-electron chi connectivity index (χ3n) is 3.37. The molecule has 0 bridgehead atoms. The molecule has 24 heavy (non-hydrogen) atoms. The zero-order valence-corrected chi connectivity index (χ0v) is 13.3. The molecule has 0 saturated heterocycles. The van der Waals surface area contributed by atoms with E-state index in [-0.39, 0.29) is 21.9 Å². The molecule has 0 saturated carbocycles. The van der Waals surface area contributed by atoms with Crippen LogP contribution < -0.4 is 10.9 Å². The Morgan fingerprint density at radius 1 is 1.25 bits per heavy atom. The maximum Gasteiger partial charge on any atom is 0.427 e. The van der Waals surface area contributed by atoms with Gasteiger partial charge in [-0.25, -0.2) is 33.0 Å². The van der Waals surface area contributed by atoms with Crippen LogP contribution in [0, 0.1) is 6.92 Å². The van der Waals surface area contributed by atoms with E-state index in [1.54, 1.807) is 12.1 Å². The van der Waals surface area contributed by atoms with Crippen molar-refractivity contribution in [3.63, 3.8) is 0 Å². The molecule has 0 radical (unpaired) electrons. The standard InChI is InChI=1S/C14H13N5O4S/c1-9-2-4-10(5-3-9)24(22,23)18-7-6-11-13(18)16-8-12(17-11)19(15)14(20)21/h2-8H,15H2,1H3,(H,20,21). The van der Waals surface area contributed by atoms with Gasteiger partial charge in [0.25, 0.3) is 10.0 Å². The summed E-state index contributed by atoms with van der Waals surface area (Å²) in [6.07, 6.45) is 0.999. The van der Waals surface area contributed by atoms with Crippen molar-refractivity contribution >= 4 is 33.1 Å². The van der Waals surface area contributed by atoms with Gasteiger partial charge < -0.3 is 5.11 Å². The molecular weight excluding hydrogens is 334 g/mol. The minimum Gasteiger partial charge on any atom is -0.464 e. The van der Waals surface area contributed by atoms with Crippen molar-refractivity contribution in [3.8, 4) is 0 Å². The lowest BCUT2D eigenvalue weighted by atomic mass is 10.2. The molecular formula is C14H13N5O4S. The average molecular weight is 347 g/mol. The molecule has 0 atom stereocenters. The fourth-order valence-electron chi connectivity index (χ4n) is 2.11. The number of fused-ring (bicyclic) bond motifs is 1. The Kier molecular flexibility index (Phi) is 3.70. The monoisotopic (exact) mass is 347 g/mol. The van der Waals surface area contributed by atoms with Gasteiger partial charge in [0.15, 0.2) is 11.5 Å². The fraction of sp³-hybridized carbons (Fsp3) is 0.0714. The molecule has 1 amide bonds. The van der Waals surface area contributed by atoms with Crippen molar-refractivity contribution < 1.29 is 18.3 Å². The normalized spacial score (nSPS) is 11.6. The van der Waals surface area contributed by atoms with Crippen LogP contribution in [0.4, 0.5) is 10.6 Å². The fourth-order valence-corrected chi connectivity index (χ4v) is 3.41. The molecule has 124 valence electrons. The van der Waals surface area contributed by atoms with Gasteiger partial charge in [-0.3, -0.25) is 0 Å². The van der Waals surface area contributed by atoms with Crippen molar-refractivity contribution in [2.75, 3.05) is 5.01 Å². The molecule has 0 spiro atoms. The number of carbonyl (C=O) groups is 1. The van der Waals surface area contributed by atoms with E-state index in [2.05, 4.69) is 9.97 Å². The quantitative estimate of drug-likeness (QED) is 0.415. The van der Waals surface area contributed by atoms with Crippen LogP contribution in [0.1, 0.15) is 5.56 Å². The number of nitrogens with zero attached hydrogens (tertiary/aromatic N) is 4. The summed E-state index contributed by atoms with van der Waals surface area (Å²) in [6, 6.07) is 7.82. The molecule has 3 N–H and O–H groups in total. The number of amides is 1. The minimum atomic E-state index is -3.84. The van der Waals surface area contributed by atoms with Gasteiger partial charge in [-0.1, -0.05) is 17.7 Å². The summed E-state index contributed by atoms with van der Waals surface area (Å²) in [5.41, 5.74) is 1.23. The number of hydrogen-bond donors (Lipinski definition) is 2. The molecule has 0 unspecified atom stereocenters. The second kappa shape index (κ2) is 5.58. The van der Waals surface area contributed by atoms with Crippen LogP contribution in [-0.4, -0.2) is 33.6 Å². The molecule has 1 aromatic carbocycles. The van der Waals surface area contributed by atoms with Crippen LogP contribution in [0.15, 0.2) is 47.6 Å². The number of hydrogen-bond acceptors (Lipinski definition) is 6. The lowest BCUT2D eigenvalue weighted by Crippen LogP contribution is -2.36. The van der Waals surface area contributed by atoms with E-state index in [1.807, 2.05) is 6.92 Å². The Bertz CT molecular complexity index is 1030. The van der Waals surface area contributed by atoms with Gasteiger partial charge in [0, 0.05) is 6.20 Å². The van der Waals surface area contributed by atoms with Crippen LogP contribution in [0.25, 0.3) is 11.2 Å². The van der Waals surface area contributed by atoms with Gasteiger partial charge in [-0.05, 0) is 25.1 Å². The van der Waals surface area contributed by atoms with Gasteiger partial charge in [-0.15, -0.1) is 0 Å². The Morgan fingerprint density at radius 2 is 1.92 bits per heavy atom. The highest BCUT2D eigenvalue weighted by Crippen LogP contribution is 2.21. The van der Waals surface area contributed by atoms with Crippen molar-refractivity contribution in [2.45, 2.75) is 11.8 Å². The minimum absolute atomic E-state index is 0.0816. The summed E-state index contributed by atoms with van der Waals surface area (Å²) >= 11 is 0. The smallest absolute Gasteiger partial charge is 0.427 e. The molecule has 0 aliphatic heterocycles. The summed E-state index contributed by atoms with van der Waals surface area (Å²) < 4.78 is 26.4. The van der Waals surface area contributed by atoms with Crippen LogP contribution in [0.5, 0.6) is 0 Å². The zero-order chi connectivity index (χ0) is 17.5. The molecule has 2 heterocycles. The van der Waals surface area contributed by atoms with Crippen LogP contribution >= 0.6 is 0 Å². The predicted molar refractivity (Wildman–Crippen MR) is 86.0 cm³/mol. The van der Waals surface area contributed by atoms with Crippen molar-refractivity contribution in [3.05, 3.63) is 48.3 Å². The molecule has 2 aromatic heterocycles. The van der Waals surface area contributed by atoms with E-state index in [1.165, 1.54) is 24.4 Å². The van der Waals surface area contributed by atoms with Crippen molar-refractivity contribution in [2.24, 2.45) is 5.84 Å². The first kappa shape index (κ1) is 15.9. The topological polar surface area (TPSA) is 131 Å². The number of aromatic nitrogens is 3. The molecule has 0 fully saturated rings. The van der Waals surface area contributed by atoms with E-state index in [0.717, 1.165) is 15.7 Å². The number of carboxylic acid groups (broad SMARTS) is 1. The maximum absolute atomic E-state index is 12.7. The number of hydrazine groups is 1. The third-order valence-corrected chi connectivity index (χ3v) is 5.05. The molecule has 0 aliphatic rings. The Hall–Kier alpha value is -2.98. The maximum atomic E-state index is 12.7. The third kappa shape index (κ3) is 2.57. The number of anilines is 1. The van der Waals surface area contributed by atoms with E-state index in [0.29, 0.717) is 5.01 Å². The molecule has 0 aliphatic carbocycles. The van der Waals surface area contributed by atoms with E-state index < -0.39 is 16.1 Å². The summed E-state index contributed by atoms with van der Waals surface area (Å²) in [7, 11) is -3.84. The molecule has 9 nitrogen and oxygen atoms in total. The Labute approximate surface area is 137 Å². The highest BCUT2D eigenvalue weighted by atomic mass is 32.2. The first-order valence-electron chi connectivity index (χ1n) is 6.75. The molecule has 10 heteroatoms. The number of benzene rings is 1. The lowest BCUT2D eigenvalue weighted by molar-refractivity contribution is 0.201. The van der Waals surface area contributed by atoms with Gasteiger partial charge in [0.2, 0.25) is 0 Å². The van der Waals surface area contributed by atoms with Crippen LogP contribution in [0.3, 0.4) is 0 Å². The van der Waals surface area contributed by atoms with Gasteiger partial charge >= 0.3 is 6.09 Å². The first-order valence-corrected chi connectivity index (χ1v) is 8.19. The highest BCUT2D eigenvalue weighted by molar-refractivity contribution is 7.90. The summed E-state index contributed by atoms with van der Waals surface area (Å²) in [5, 5.41) is 9.25. The highest BCUT2D eigenvalue weighted by Gasteiger charge is 2.21. The SMILES string of the molecule is Cc1ccc(S(=O)(=O)n2ccc3nc(N(N)C(=O)O)cnc32)cc1. The first-order chi connectivity index (χ1) is 11.3. The van der Waals surface area contributed by atoms with Crippen LogP contribution in [0.2, 0.25) is 0 Å². The second-order valence-electron chi connectivity index (χ2n) is 5.02. The van der Waals surface area contributed by atoms with Gasteiger partial charge in [0.05, 0.1) is 11.1 Å². The van der Waals surface area contributed by atoms with Crippen LogP contribution in [-0.2, 0) is 10.0 Å². The van der Waals surface area contributed by atoms with Crippen molar-refractivity contribution in [1.29, 1.82) is 0 Å². The Balaban J connectivity index is 2.11. The van der Waals surface area contributed by atoms with E-state index in [9.17, 15) is 13.2 Å². The largest absolute Gasteiger partial charge is 0.464 e. The summed E-state index contributed by atoms with van der Waals surface area (Å²) in [5.74, 6) is 5.22. The average Bonchev–Trinajstić information content (AvgIpc) is 2.98.